The van der Waals surface area contributed by atoms with E-state index in [4.69, 9.17) is 3.07 Å². The molecule has 1 aromatic heterocycles. The van der Waals surface area contributed by atoms with Crippen LogP contribution >= 0.6 is 23.0 Å². The van der Waals surface area contributed by atoms with Crippen LogP contribution in [0.4, 0.5) is 18.9 Å². The van der Waals surface area contributed by atoms with Crippen LogP contribution in [0.3, 0.4) is 0 Å². The van der Waals surface area contributed by atoms with Gasteiger partial charge in [-0.25, -0.2) is 0 Å². The number of hydrogen-bond acceptors (Lipinski definition) is 4. The van der Waals surface area contributed by atoms with E-state index in [1.54, 1.807) is 41.8 Å². The van der Waals surface area contributed by atoms with E-state index in [0.717, 1.165) is 12.3 Å². The summed E-state index contributed by atoms with van der Waals surface area (Å²) in [6.45, 7) is 4.59. The molecule has 0 aliphatic carbocycles. The highest BCUT2D eigenvalue weighted by Gasteiger charge is 2.45. The van der Waals surface area contributed by atoms with E-state index in [-0.39, 0.29) is 11.9 Å². The van der Waals surface area contributed by atoms with Gasteiger partial charge in [0, 0.05) is 30.9 Å². The van der Waals surface area contributed by atoms with Crippen molar-refractivity contribution in [3.63, 3.8) is 0 Å². The van der Waals surface area contributed by atoms with Gasteiger partial charge in [0.2, 0.25) is 0 Å². The second-order valence-corrected chi connectivity index (χ2v) is 6.03. The number of pyridine rings is 1. The Hall–Kier alpha value is -1.06. The summed E-state index contributed by atoms with van der Waals surface area (Å²) in [5, 5.41) is 0. The molecule has 0 atom stereocenters. The molecule has 1 aromatic rings. The van der Waals surface area contributed by atoms with Crippen molar-refractivity contribution in [1.29, 1.82) is 0 Å². The summed E-state index contributed by atoms with van der Waals surface area (Å²) in [6.07, 6.45) is -3.31. The van der Waals surface area contributed by atoms with Crippen LogP contribution in [-0.2, 0) is 14.0 Å². The molecule has 1 aliphatic rings. The molecule has 1 fully saturated rings. The van der Waals surface area contributed by atoms with Crippen molar-refractivity contribution in [2.24, 2.45) is 11.3 Å². The smallest absolute Gasteiger partial charge is 0.394 e. The molecule has 0 unspecified atom stereocenters. The maximum absolute atomic E-state index is 12.6. The average Bonchev–Trinajstić information content (AvgIpc) is 2.35. The van der Waals surface area contributed by atoms with Crippen LogP contribution in [0.1, 0.15) is 19.5 Å². The van der Waals surface area contributed by atoms with Crippen LogP contribution in [-0.4, -0.2) is 24.0 Å². The minimum atomic E-state index is -4.45. The van der Waals surface area contributed by atoms with Gasteiger partial charge in [0.15, 0.2) is 23.0 Å². The lowest BCUT2D eigenvalue weighted by molar-refractivity contribution is -0.144. The van der Waals surface area contributed by atoms with E-state index in [9.17, 15) is 18.0 Å². The summed E-state index contributed by atoms with van der Waals surface area (Å²) in [7, 11) is 0. The number of anilines is 1. The summed E-state index contributed by atoms with van der Waals surface area (Å²) in [5.74, 6) is -0.277. The number of nitrogens with zero attached hydrogens (tertiary/aromatic N) is 2. The van der Waals surface area contributed by atoms with Gasteiger partial charge in [-0.2, -0.15) is 13.2 Å². The molecule has 0 radical (unpaired) electrons. The van der Waals surface area contributed by atoms with Crippen LogP contribution in [0.5, 0.6) is 0 Å². The van der Waals surface area contributed by atoms with E-state index in [1.165, 1.54) is 6.07 Å². The SMILES string of the molecule is CC(C)(C(=O)OI)C1CN(c2ccnc(C(F)(F)F)c2)C1. The Morgan fingerprint density at radius 2 is 2.05 bits per heavy atom. The highest BCUT2D eigenvalue weighted by atomic mass is 127. The number of aromatic nitrogens is 1. The third kappa shape index (κ3) is 3.24. The second-order valence-electron chi connectivity index (χ2n) is 5.59. The van der Waals surface area contributed by atoms with Gasteiger partial charge in [0.1, 0.15) is 5.69 Å². The van der Waals surface area contributed by atoms with Crippen molar-refractivity contribution in [2.45, 2.75) is 20.0 Å². The van der Waals surface area contributed by atoms with Gasteiger partial charge >= 0.3 is 12.1 Å². The number of rotatable bonds is 3. The quantitative estimate of drug-likeness (QED) is 0.711. The molecule has 0 saturated carbocycles. The van der Waals surface area contributed by atoms with Crippen LogP contribution in [0.15, 0.2) is 18.3 Å². The summed E-state index contributed by atoms with van der Waals surface area (Å²) in [6, 6.07) is 2.56. The van der Waals surface area contributed by atoms with Crippen LogP contribution in [0, 0.1) is 11.3 Å². The third-order valence-corrected chi connectivity index (χ3v) is 4.30. The van der Waals surface area contributed by atoms with Gasteiger partial charge in [-0.1, -0.05) is 0 Å². The van der Waals surface area contributed by atoms with E-state index in [2.05, 4.69) is 4.98 Å². The van der Waals surface area contributed by atoms with Crippen molar-refractivity contribution in [3.8, 4) is 0 Å². The molecule has 1 aliphatic heterocycles. The number of carbonyl (C=O) groups excluding carboxylic acids is 1. The van der Waals surface area contributed by atoms with Crippen LogP contribution in [0.25, 0.3) is 0 Å². The minimum absolute atomic E-state index is 0.0438. The Kier molecular flexibility index (Phi) is 4.36. The van der Waals surface area contributed by atoms with Crippen molar-refractivity contribution in [1.82, 2.24) is 4.98 Å². The largest absolute Gasteiger partial charge is 0.433 e. The molecule has 0 spiro atoms. The topological polar surface area (TPSA) is 42.4 Å². The lowest BCUT2D eigenvalue weighted by Crippen LogP contribution is -2.55. The molecule has 8 heteroatoms. The molecular weight excluding hydrogens is 400 g/mol. The lowest BCUT2D eigenvalue weighted by atomic mass is 9.74. The van der Waals surface area contributed by atoms with Crippen molar-refractivity contribution in [3.05, 3.63) is 24.0 Å². The minimum Gasteiger partial charge on any atom is -0.394 e. The Morgan fingerprint density at radius 3 is 2.57 bits per heavy atom. The first kappa shape index (κ1) is 16.3. The molecule has 0 N–H and O–H groups in total. The maximum atomic E-state index is 12.6. The number of halogens is 4. The molecule has 2 heterocycles. The lowest BCUT2D eigenvalue weighted by Gasteiger charge is -2.47. The third-order valence-electron chi connectivity index (χ3n) is 3.90. The zero-order valence-corrected chi connectivity index (χ0v) is 13.6. The fourth-order valence-corrected chi connectivity index (χ4v) is 2.75. The Labute approximate surface area is 134 Å². The highest BCUT2D eigenvalue weighted by molar-refractivity contribution is 14.1. The Bertz CT molecular complexity index is 542. The number of carbonyl (C=O) groups is 1. The molecule has 0 amide bonds. The predicted octanol–water partition coefficient (Wildman–Crippen LogP) is 3.46. The zero-order chi connectivity index (χ0) is 15.8. The molecule has 21 heavy (non-hydrogen) atoms. The first-order chi connectivity index (χ1) is 9.66. The van der Waals surface area contributed by atoms with Crippen molar-refractivity contribution >= 4 is 34.7 Å². The summed E-state index contributed by atoms with van der Waals surface area (Å²) < 4.78 is 42.6. The fraction of sp³-hybridized carbons (Fsp3) is 0.538. The van der Waals surface area contributed by atoms with Gasteiger partial charge < -0.3 is 7.97 Å². The average molecular weight is 414 g/mol. The molecule has 2 rings (SSSR count). The Balaban J connectivity index is 2.07. The molecule has 0 aromatic carbocycles. The van der Waals surface area contributed by atoms with E-state index < -0.39 is 17.3 Å². The fourth-order valence-electron chi connectivity index (χ4n) is 2.18. The Morgan fingerprint density at radius 1 is 1.43 bits per heavy atom. The predicted molar refractivity (Wildman–Crippen MR) is 78.8 cm³/mol. The molecule has 116 valence electrons. The van der Waals surface area contributed by atoms with Gasteiger partial charge in [-0.15, -0.1) is 0 Å². The van der Waals surface area contributed by atoms with Crippen molar-refractivity contribution < 1.29 is 21.0 Å². The molecular formula is C13H14F3IN2O2. The maximum Gasteiger partial charge on any atom is 0.433 e. The number of alkyl halides is 3. The van der Waals surface area contributed by atoms with E-state index in [0.29, 0.717) is 18.8 Å². The summed E-state index contributed by atoms with van der Waals surface area (Å²) >= 11 is 1.55. The van der Waals surface area contributed by atoms with E-state index in [1.807, 2.05) is 0 Å². The monoisotopic (exact) mass is 414 g/mol. The van der Waals surface area contributed by atoms with Crippen molar-refractivity contribution in [2.75, 3.05) is 18.0 Å². The summed E-state index contributed by atoms with van der Waals surface area (Å²) in [5.41, 5.74) is -1.10. The number of hydrogen-bond donors (Lipinski definition) is 0. The molecule has 4 nitrogen and oxygen atoms in total. The standard InChI is InChI=1S/C13H14F3IN2O2/c1-12(2,11(20)21-17)8-6-19(7-8)9-3-4-18-10(5-9)13(14,15)16/h3-5,8H,6-7H2,1-2H3. The van der Waals surface area contributed by atoms with Gasteiger partial charge in [-0.05, 0) is 26.0 Å². The van der Waals surface area contributed by atoms with Crippen LogP contribution < -0.4 is 4.90 Å². The van der Waals surface area contributed by atoms with Gasteiger partial charge in [-0.3, -0.25) is 9.78 Å². The molecule has 1 saturated heterocycles. The van der Waals surface area contributed by atoms with Crippen LogP contribution in [0.2, 0.25) is 0 Å². The second kappa shape index (κ2) is 5.62. The first-order valence-electron chi connectivity index (χ1n) is 6.27. The van der Waals surface area contributed by atoms with E-state index >= 15 is 0 Å². The summed E-state index contributed by atoms with van der Waals surface area (Å²) in [4.78, 5) is 16.8. The zero-order valence-electron chi connectivity index (χ0n) is 11.4. The van der Waals surface area contributed by atoms with Gasteiger partial charge in [0.05, 0.1) is 5.41 Å². The first-order valence-corrected chi connectivity index (χ1v) is 7.15. The van der Waals surface area contributed by atoms with Gasteiger partial charge in [0.25, 0.3) is 0 Å². The normalized spacial score (nSPS) is 16.6. The molecule has 0 bridgehead atoms. The highest BCUT2D eigenvalue weighted by Crippen LogP contribution is 2.39.